The van der Waals surface area contributed by atoms with E-state index < -0.39 is 0 Å². The van der Waals surface area contributed by atoms with Gasteiger partial charge in [-0.15, -0.1) is 0 Å². The molecule has 0 aliphatic carbocycles. The Kier molecular flexibility index (Phi) is 5.76. The van der Waals surface area contributed by atoms with E-state index >= 15 is 0 Å². The minimum Gasteiger partial charge on any atom is -0.497 e. The summed E-state index contributed by atoms with van der Waals surface area (Å²) in [5.74, 6) is 1.79. The molecule has 128 valence electrons. The lowest BCUT2D eigenvalue weighted by atomic mass is 9.96. The Morgan fingerprint density at radius 3 is 2.50 bits per heavy atom. The van der Waals surface area contributed by atoms with Gasteiger partial charge in [0.15, 0.2) is 6.29 Å². The molecule has 1 unspecified atom stereocenters. The highest BCUT2D eigenvalue weighted by Gasteiger charge is 2.15. The fourth-order valence-electron chi connectivity index (χ4n) is 3.12. The zero-order valence-electron chi connectivity index (χ0n) is 14.6. The van der Waals surface area contributed by atoms with Crippen molar-refractivity contribution in [1.82, 2.24) is 0 Å². The molecule has 1 atom stereocenters. The quantitative estimate of drug-likeness (QED) is 0.728. The van der Waals surface area contributed by atoms with E-state index in [1.165, 1.54) is 23.1 Å². The topological polar surface area (TPSA) is 27.7 Å². The predicted molar refractivity (Wildman–Crippen MR) is 96.6 cm³/mol. The number of benzene rings is 2. The molecule has 0 saturated carbocycles. The summed E-state index contributed by atoms with van der Waals surface area (Å²) in [5, 5.41) is 0. The molecule has 0 N–H and O–H groups in total. The van der Waals surface area contributed by atoms with Crippen molar-refractivity contribution in [3.05, 3.63) is 48.0 Å². The van der Waals surface area contributed by atoms with Crippen LogP contribution in [-0.2, 0) is 11.2 Å². The van der Waals surface area contributed by atoms with Gasteiger partial charge in [-0.1, -0.05) is 31.5 Å². The Labute approximate surface area is 144 Å². The molecule has 0 amide bonds. The van der Waals surface area contributed by atoms with Crippen molar-refractivity contribution in [2.45, 2.75) is 45.3 Å². The van der Waals surface area contributed by atoms with E-state index in [9.17, 15) is 0 Å². The molecular formula is C21H26O3. The summed E-state index contributed by atoms with van der Waals surface area (Å²) in [6, 6.07) is 14.6. The van der Waals surface area contributed by atoms with Gasteiger partial charge >= 0.3 is 0 Å². The maximum Gasteiger partial charge on any atom is 0.199 e. The molecule has 3 rings (SSSR count). The number of hydrogen-bond acceptors (Lipinski definition) is 3. The Morgan fingerprint density at radius 2 is 1.83 bits per heavy atom. The van der Waals surface area contributed by atoms with Crippen LogP contribution in [0.15, 0.2) is 42.5 Å². The van der Waals surface area contributed by atoms with Crippen LogP contribution in [0.25, 0.3) is 11.1 Å². The molecule has 1 fully saturated rings. The maximum absolute atomic E-state index is 5.92. The molecule has 3 heteroatoms. The molecule has 1 saturated heterocycles. The van der Waals surface area contributed by atoms with Gasteiger partial charge in [0.1, 0.15) is 11.5 Å². The number of ether oxygens (including phenoxy) is 3. The molecule has 0 spiro atoms. The van der Waals surface area contributed by atoms with Gasteiger partial charge in [-0.05, 0) is 60.2 Å². The van der Waals surface area contributed by atoms with Gasteiger partial charge in [-0.2, -0.15) is 0 Å². The van der Waals surface area contributed by atoms with Crippen LogP contribution >= 0.6 is 0 Å². The number of rotatable bonds is 6. The third-order valence-corrected chi connectivity index (χ3v) is 4.40. The van der Waals surface area contributed by atoms with Crippen LogP contribution in [0.2, 0.25) is 0 Å². The molecule has 0 bridgehead atoms. The summed E-state index contributed by atoms with van der Waals surface area (Å²) in [5.41, 5.74) is 3.79. The van der Waals surface area contributed by atoms with Gasteiger partial charge in [0.25, 0.3) is 0 Å². The van der Waals surface area contributed by atoms with Crippen molar-refractivity contribution in [2.24, 2.45) is 0 Å². The lowest BCUT2D eigenvalue weighted by Gasteiger charge is -2.23. The minimum absolute atomic E-state index is 0.0961. The highest BCUT2D eigenvalue weighted by molar-refractivity contribution is 5.69. The second-order valence-electron chi connectivity index (χ2n) is 6.21. The third kappa shape index (κ3) is 4.09. The Balaban J connectivity index is 1.77. The molecular weight excluding hydrogens is 300 g/mol. The average Bonchev–Trinajstić information content (AvgIpc) is 2.64. The first-order chi connectivity index (χ1) is 11.8. The van der Waals surface area contributed by atoms with E-state index in [2.05, 4.69) is 31.2 Å². The van der Waals surface area contributed by atoms with Crippen LogP contribution in [0, 0.1) is 0 Å². The predicted octanol–water partition coefficient (Wildman–Crippen LogP) is 5.22. The van der Waals surface area contributed by atoms with Gasteiger partial charge in [0, 0.05) is 6.42 Å². The third-order valence-electron chi connectivity index (χ3n) is 4.40. The Bertz CT molecular complexity index is 643. The molecule has 0 aromatic heterocycles. The molecule has 2 aromatic rings. The lowest BCUT2D eigenvalue weighted by molar-refractivity contribution is -0.105. The molecule has 2 aromatic carbocycles. The van der Waals surface area contributed by atoms with E-state index in [1.807, 2.05) is 18.2 Å². The zero-order valence-corrected chi connectivity index (χ0v) is 14.6. The zero-order chi connectivity index (χ0) is 16.8. The normalized spacial score (nSPS) is 17.5. The highest BCUT2D eigenvalue weighted by Crippen LogP contribution is 2.30. The summed E-state index contributed by atoms with van der Waals surface area (Å²) in [6.45, 7) is 3.00. The van der Waals surface area contributed by atoms with Gasteiger partial charge < -0.3 is 14.2 Å². The Morgan fingerprint density at radius 1 is 1.04 bits per heavy atom. The fraction of sp³-hybridized carbons (Fsp3) is 0.429. The fourth-order valence-corrected chi connectivity index (χ4v) is 3.12. The van der Waals surface area contributed by atoms with E-state index in [-0.39, 0.29) is 6.29 Å². The number of methoxy groups -OCH3 is 1. The molecule has 1 aliphatic rings. The number of hydrogen-bond donors (Lipinski definition) is 0. The first-order valence-electron chi connectivity index (χ1n) is 8.85. The van der Waals surface area contributed by atoms with Crippen molar-refractivity contribution < 1.29 is 14.2 Å². The van der Waals surface area contributed by atoms with Gasteiger partial charge in [0.05, 0.1) is 13.7 Å². The van der Waals surface area contributed by atoms with E-state index in [1.54, 1.807) is 7.11 Å². The number of aryl methyl sites for hydroxylation is 1. The van der Waals surface area contributed by atoms with Crippen molar-refractivity contribution in [3.8, 4) is 22.6 Å². The van der Waals surface area contributed by atoms with Crippen LogP contribution < -0.4 is 9.47 Å². The Hall–Kier alpha value is -2.00. The monoisotopic (exact) mass is 326 g/mol. The van der Waals surface area contributed by atoms with Crippen molar-refractivity contribution in [3.63, 3.8) is 0 Å². The van der Waals surface area contributed by atoms with Crippen LogP contribution in [0.4, 0.5) is 0 Å². The summed E-state index contributed by atoms with van der Waals surface area (Å²) < 4.78 is 16.9. The van der Waals surface area contributed by atoms with Gasteiger partial charge in [-0.3, -0.25) is 0 Å². The van der Waals surface area contributed by atoms with E-state index in [0.29, 0.717) is 0 Å². The summed E-state index contributed by atoms with van der Waals surface area (Å²) >= 11 is 0. The summed E-state index contributed by atoms with van der Waals surface area (Å²) in [6.07, 6.45) is 5.34. The van der Waals surface area contributed by atoms with E-state index in [4.69, 9.17) is 14.2 Å². The molecule has 0 radical (unpaired) electrons. The average molecular weight is 326 g/mol. The van der Waals surface area contributed by atoms with E-state index in [0.717, 1.165) is 43.8 Å². The molecule has 1 aliphatic heterocycles. The summed E-state index contributed by atoms with van der Waals surface area (Å²) in [7, 11) is 1.71. The van der Waals surface area contributed by atoms with Crippen molar-refractivity contribution in [2.75, 3.05) is 13.7 Å². The van der Waals surface area contributed by atoms with Crippen LogP contribution in [-0.4, -0.2) is 20.0 Å². The smallest absolute Gasteiger partial charge is 0.199 e. The minimum atomic E-state index is -0.0961. The first kappa shape index (κ1) is 16.8. The van der Waals surface area contributed by atoms with Crippen LogP contribution in [0.3, 0.4) is 0 Å². The second-order valence-corrected chi connectivity index (χ2v) is 6.21. The lowest BCUT2D eigenvalue weighted by Crippen LogP contribution is -2.24. The largest absolute Gasteiger partial charge is 0.497 e. The van der Waals surface area contributed by atoms with Crippen molar-refractivity contribution in [1.29, 1.82) is 0 Å². The van der Waals surface area contributed by atoms with Gasteiger partial charge in [-0.25, -0.2) is 0 Å². The molecule has 24 heavy (non-hydrogen) atoms. The highest BCUT2D eigenvalue weighted by atomic mass is 16.7. The van der Waals surface area contributed by atoms with Gasteiger partial charge in [0.2, 0.25) is 0 Å². The second kappa shape index (κ2) is 8.20. The van der Waals surface area contributed by atoms with Crippen LogP contribution in [0.1, 0.15) is 38.2 Å². The van der Waals surface area contributed by atoms with Crippen molar-refractivity contribution >= 4 is 0 Å². The maximum atomic E-state index is 5.92. The molecule has 1 heterocycles. The molecule has 3 nitrogen and oxygen atoms in total. The first-order valence-corrected chi connectivity index (χ1v) is 8.85. The van der Waals surface area contributed by atoms with Crippen LogP contribution in [0.5, 0.6) is 11.5 Å². The standard InChI is InChI=1S/C21H26O3/c1-3-6-17-15-19(22-2)12-13-20(17)16-8-10-18(11-9-16)24-21-7-4-5-14-23-21/h8-13,15,21H,3-7,14H2,1-2H3. The summed E-state index contributed by atoms with van der Waals surface area (Å²) in [4.78, 5) is 0. The SMILES string of the molecule is CCCc1cc(OC)ccc1-c1ccc(OC2CCCCO2)cc1.